The molecule has 8 heterocycles. The zero-order valence-corrected chi connectivity index (χ0v) is 64.4. The molecule has 6 aromatic heterocycles. The maximum absolute atomic E-state index is 9.80. The number of nitrogens with two attached hydrogens (primary N) is 1. The Morgan fingerprint density at radius 2 is 0.935 bits per heavy atom. The van der Waals surface area contributed by atoms with Crippen LogP contribution in [0.4, 0.5) is 34.1 Å². The third kappa shape index (κ3) is 19.7. The Morgan fingerprint density at radius 3 is 1.35 bits per heavy atom. The molecule has 0 radical (unpaired) electrons. The topological polar surface area (TPSA) is 267 Å². The fraction of sp³-hybridized carbons (Fsp3) is 0.370. The summed E-state index contributed by atoms with van der Waals surface area (Å²) >= 11 is 0. The van der Waals surface area contributed by atoms with E-state index in [1.807, 2.05) is 132 Å². The highest BCUT2D eigenvalue weighted by molar-refractivity contribution is 7.59. The lowest BCUT2D eigenvalue weighted by molar-refractivity contribution is 0.0601. The average Bonchev–Trinajstić information content (AvgIpc) is 1.08. The Balaban J connectivity index is 0.000000161. The second-order valence-electron chi connectivity index (χ2n) is 26.8. The van der Waals surface area contributed by atoms with E-state index in [0.717, 1.165) is 215 Å². The number of fused-ring (bicyclic) bond motifs is 3. The van der Waals surface area contributed by atoms with Crippen LogP contribution in [0, 0.1) is 5.92 Å². The van der Waals surface area contributed by atoms with E-state index in [1.165, 1.54) is 0 Å². The summed E-state index contributed by atoms with van der Waals surface area (Å²) in [6.45, 7) is 15.3. The van der Waals surface area contributed by atoms with Gasteiger partial charge in [0.2, 0.25) is 0 Å². The Morgan fingerprint density at radius 1 is 0.509 bits per heavy atom. The van der Waals surface area contributed by atoms with Crippen LogP contribution in [0.15, 0.2) is 165 Å². The van der Waals surface area contributed by atoms with Gasteiger partial charge in [-0.1, -0.05) is 20.8 Å². The third-order valence-electron chi connectivity index (χ3n) is 19.1. The van der Waals surface area contributed by atoms with Gasteiger partial charge < -0.3 is 64.0 Å². The first-order chi connectivity index (χ1) is 52.2. The van der Waals surface area contributed by atoms with E-state index in [0.29, 0.717) is 36.5 Å². The molecule has 0 unspecified atom stereocenters. The van der Waals surface area contributed by atoms with Crippen molar-refractivity contribution in [1.29, 1.82) is 0 Å². The molecule has 0 amide bonds. The number of hydrogen-bond acceptors (Lipinski definition) is 23. The normalized spacial score (nSPS) is 13.7. The molecule has 12 aromatic rings. The van der Waals surface area contributed by atoms with Crippen molar-refractivity contribution >= 4 is 80.7 Å². The van der Waals surface area contributed by atoms with E-state index in [2.05, 4.69) is 101 Å². The van der Waals surface area contributed by atoms with Crippen molar-refractivity contribution < 1.29 is 38.3 Å². The maximum atomic E-state index is 9.80. The minimum atomic E-state index is 0. The fourth-order valence-electron chi connectivity index (χ4n) is 13.4. The van der Waals surface area contributed by atoms with Gasteiger partial charge in [0, 0.05) is 209 Å². The number of nitrogens with one attached hydrogen (secondary N) is 1. The van der Waals surface area contributed by atoms with Crippen LogP contribution < -0.4 is 54.2 Å². The maximum Gasteiger partial charge on any atom is 0.124 e. The summed E-state index contributed by atoms with van der Waals surface area (Å²) in [6, 6.07) is 36.6. The minimum absolute atomic E-state index is 0. The van der Waals surface area contributed by atoms with Crippen LogP contribution in [0.3, 0.4) is 0 Å². The first kappa shape index (κ1) is 78.4. The molecule has 0 spiro atoms. The molecule has 0 aliphatic carbocycles. The van der Waals surface area contributed by atoms with E-state index in [-0.39, 0.29) is 26.1 Å². The molecular weight excluding hydrogens is 1390 g/mol. The van der Waals surface area contributed by atoms with Gasteiger partial charge in [0.15, 0.2) is 0 Å². The molecule has 568 valence electrons. The highest BCUT2D eigenvalue weighted by atomic mass is 32.1. The summed E-state index contributed by atoms with van der Waals surface area (Å²) in [5, 5.41) is 26.6. The Hall–Kier alpha value is -10.7. The molecule has 14 rings (SSSR count). The van der Waals surface area contributed by atoms with Crippen LogP contribution in [-0.4, -0.2) is 190 Å². The zero-order chi connectivity index (χ0) is 74.8. The van der Waals surface area contributed by atoms with Gasteiger partial charge >= 0.3 is 0 Å². The predicted octanol–water partition coefficient (Wildman–Crippen LogP) is 12.8. The van der Waals surface area contributed by atoms with Crippen molar-refractivity contribution in [3.05, 3.63) is 165 Å². The lowest BCUT2D eigenvalue weighted by Crippen LogP contribution is -2.38. The van der Waals surface area contributed by atoms with Crippen molar-refractivity contribution in [2.75, 3.05) is 123 Å². The third-order valence-corrected chi connectivity index (χ3v) is 19.1. The van der Waals surface area contributed by atoms with Crippen LogP contribution >= 0.6 is 13.5 Å². The van der Waals surface area contributed by atoms with Crippen molar-refractivity contribution in [1.82, 2.24) is 69.5 Å². The number of aryl methyl sites for hydroxylation is 2. The van der Waals surface area contributed by atoms with Gasteiger partial charge in [-0.25, -0.2) is 15.0 Å². The van der Waals surface area contributed by atoms with E-state index in [1.54, 1.807) is 65.9 Å². The SMILES string of the molecule is CCCn1cc(-c2cnc3ccc(N(CCN)c4cc(OC)cc(OC)c4)cc3n2)cn1.COc1cc(OC)cc(N(CCN2CCC[C@H]2CO)c2ccc3ncc(-c4cnn(C)c4)nc3c2)c1.COc1cc(OC)cc(N(CCNC(C)C)c2ccc3ncc(-c4cnn(CC5CCOCC5)c4)nc3c2)c1.S. The van der Waals surface area contributed by atoms with Gasteiger partial charge in [0.25, 0.3) is 0 Å². The highest BCUT2D eigenvalue weighted by Crippen LogP contribution is 2.38. The molecular formula is C81H100N18O8S. The van der Waals surface area contributed by atoms with Gasteiger partial charge in [-0.15, -0.1) is 0 Å². The summed E-state index contributed by atoms with van der Waals surface area (Å²) in [7, 11) is 11.8. The largest absolute Gasteiger partial charge is 0.497 e. The molecule has 4 N–H and O–H groups in total. The molecule has 2 saturated heterocycles. The van der Waals surface area contributed by atoms with Crippen LogP contribution in [0.25, 0.3) is 66.9 Å². The van der Waals surface area contributed by atoms with Crippen molar-refractivity contribution in [2.45, 2.75) is 78.0 Å². The average molecular weight is 1490 g/mol. The number of likely N-dealkylation sites (tertiary alicyclic amines) is 1. The Labute approximate surface area is 638 Å². The van der Waals surface area contributed by atoms with E-state index < -0.39 is 0 Å². The number of aliphatic hydroxyl groups excluding tert-OH is 1. The van der Waals surface area contributed by atoms with E-state index in [4.69, 9.17) is 58.8 Å². The smallest absolute Gasteiger partial charge is 0.124 e. The number of methoxy groups -OCH3 is 6. The number of aromatic nitrogens is 12. The summed E-state index contributed by atoms with van der Waals surface area (Å²) in [4.78, 5) is 37.7. The quantitative estimate of drug-likeness (QED) is 0.0393. The van der Waals surface area contributed by atoms with Crippen LogP contribution in [0.2, 0.25) is 0 Å². The number of benzene rings is 6. The Bertz CT molecular complexity index is 4830. The van der Waals surface area contributed by atoms with Gasteiger partial charge in [-0.05, 0) is 99.2 Å². The van der Waals surface area contributed by atoms with Crippen molar-refractivity contribution in [3.63, 3.8) is 0 Å². The first-order valence-electron chi connectivity index (χ1n) is 36.5. The summed E-state index contributed by atoms with van der Waals surface area (Å²) in [5.74, 6) is 4.97. The first-order valence-corrected chi connectivity index (χ1v) is 36.5. The second kappa shape index (κ2) is 37.7. The van der Waals surface area contributed by atoms with Gasteiger partial charge in [-0.3, -0.25) is 33.9 Å². The summed E-state index contributed by atoms with van der Waals surface area (Å²) in [5.41, 5.74) is 22.0. The lowest BCUT2D eigenvalue weighted by Gasteiger charge is -2.30. The summed E-state index contributed by atoms with van der Waals surface area (Å²) in [6.07, 6.45) is 22.3. The molecule has 2 aliphatic rings. The van der Waals surface area contributed by atoms with Gasteiger partial charge in [0.1, 0.15) is 34.5 Å². The van der Waals surface area contributed by atoms with E-state index in [9.17, 15) is 5.11 Å². The molecule has 2 fully saturated rings. The molecule has 0 saturated carbocycles. The van der Waals surface area contributed by atoms with Crippen molar-refractivity contribution in [2.24, 2.45) is 18.7 Å². The molecule has 1 atom stereocenters. The molecule has 6 aromatic carbocycles. The molecule has 108 heavy (non-hydrogen) atoms. The molecule has 26 nitrogen and oxygen atoms in total. The monoisotopic (exact) mass is 1480 g/mol. The van der Waals surface area contributed by atoms with E-state index >= 15 is 0 Å². The van der Waals surface area contributed by atoms with Crippen LogP contribution in [0.5, 0.6) is 34.5 Å². The summed E-state index contributed by atoms with van der Waals surface area (Å²) < 4.78 is 44.3. The second-order valence-corrected chi connectivity index (χ2v) is 26.8. The van der Waals surface area contributed by atoms with Crippen molar-refractivity contribution in [3.8, 4) is 68.3 Å². The van der Waals surface area contributed by atoms with Crippen LogP contribution in [0.1, 0.15) is 52.9 Å². The van der Waals surface area contributed by atoms with Crippen LogP contribution in [-0.2, 0) is 24.9 Å². The van der Waals surface area contributed by atoms with Gasteiger partial charge in [-0.2, -0.15) is 28.8 Å². The standard InChI is InChI=1S/C30H38N6O3.C27H32N6O3.C24H28N6O2.H2S/c1-21(2)31-9-10-36(25-13-26(37-3)16-27(14-25)38-4)24-5-6-28-29(15-24)34-30(18-32-28)23-17-33-35(20-23)19-22-7-11-39-12-8-22;1-31-17-19(15-29-31)27-16-28-25-7-6-20(13-26(25)30-27)33(10-9-32-8-4-5-21(32)18-34)22-11-23(35-2)14-24(12-22)36-3;1-4-8-29-16-17(14-27-29)24-15-26-22-6-5-18(12-23(22)28-24)30(9-7-25)19-10-20(31-2)13-21(11-19)32-3;/h5-6,13-18,20-22,31H,7-12,19H2,1-4H3;6-7,11-17,21,34H,4-5,8-10,18H2,1-3H3;5-6,10-16H,4,7-9,25H2,1-3H3;1H2/t;21-;;/m.0../s1. The Kier molecular flexibility index (Phi) is 27.4. The number of aliphatic hydroxyl groups is 1. The fourth-order valence-corrected chi connectivity index (χ4v) is 13.4. The highest BCUT2D eigenvalue weighted by Gasteiger charge is 2.26. The zero-order valence-electron chi connectivity index (χ0n) is 63.4. The molecule has 0 bridgehead atoms. The molecule has 2 aliphatic heterocycles. The lowest BCUT2D eigenvalue weighted by atomic mass is 10.0. The predicted molar refractivity (Wildman–Crippen MR) is 431 cm³/mol. The number of ether oxygens (including phenoxy) is 7. The number of anilines is 6. The molecule has 27 heteroatoms. The number of nitrogens with zero attached hydrogens (tertiary/aromatic N) is 16. The number of hydrogen-bond donors (Lipinski definition) is 3. The minimum Gasteiger partial charge on any atom is -0.497 e. The van der Waals surface area contributed by atoms with Gasteiger partial charge in [0.05, 0.1) is 137 Å². The number of rotatable bonds is 29.